The topological polar surface area (TPSA) is 105 Å². The third kappa shape index (κ3) is 5.40. The highest BCUT2D eigenvalue weighted by molar-refractivity contribution is 8.00. The van der Waals surface area contributed by atoms with Crippen molar-refractivity contribution in [1.29, 1.82) is 0 Å². The Balaban J connectivity index is 1.42. The molecule has 3 aromatic rings. The van der Waals surface area contributed by atoms with Crippen LogP contribution in [0.25, 0.3) is 11.5 Å². The van der Waals surface area contributed by atoms with Gasteiger partial charge in [0.25, 0.3) is 5.22 Å². The van der Waals surface area contributed by atoms with Crippen LogP contribution in [-0.2, 0) is 21.4 Å². The summed E-state index contributed by atoms with van der Waals surface area (Å²) in [5.41, 5.74) is 0.525. The summed E-state index contributed by atoms with van der Waals surface area (Å²) in [6, 6.07) is 10.4. The largest absolute Gasteiger partial charge is 0.411 e. The number of carbonyl (C=O) groups excluding carboxylic acids is 1. The summed E-state index contributed by atoms with van der Waals surface area (Å²) in [6.07, 6.45) is 2.81. The van der Waals surface area contributed by atoms with Gasteiger partial charge < -0.3 is 9.73 Å². The van der Waals surface area contributed by atoms with Gasteiger partial charge in [0.15, 0.2) is 0 Å². The zero-order valence-electron chi connectivity index (χ0n) is 17.6. The lowest BCUT2D eigenvalue weighted by Gasteiger charge is -2.25. The summed E-state index contributed by atoms with van der Waals surface area (Å²) >= 11 is 2.75. The maximum atomic E-state index is 13.0. The first-order valence-corrected chi connectivity index (χ1v) is 13.5. The van der Waals surface area contributed by atoms with Gasteiger partial charge in [-0.15, -0.1) is 21.5 Å². The summed E-state index contributed by atoms with van der Waals surface area (Å²) in [6.45, 7) is 3.33. The molecule has 0 unspecified atom stereocenters. The second kappa shape index (κ2) is 10.2. The Morgan fingerprint density at radius 2 is 2.03 bits per heavy atom. The van der Waals surface area contributed by atoms with Crippen molar-refractivity contribution in [2.45, 2.75) is 48.1 Å². The summed E-state index contributed by atoms with van der Waals surface area (Å²) < 4.78 is 33.1. The molecule has 0 bridgehead atoms. The molecular weight excluding hydrogens is 468 g/mol. The van der Waals surface area contributed by atoms with E-state index in [1.165, 1.54) is 4.31 Å². The first kappa shape index (κ1) is 23.0. The van der Waals surface area contributed by atoms with Gasteiger partial charge >= 0.3 is 0 Å². The molecule has 4 rings (SSSR count). The molecule has 8 nitrogen and oxygen atoms in total. The van der Waals surface area contributed by atoms with E-state index in [1.54, 1.807) is 42.5 Å². The fourth-order valence-electron chi connectivity index (χ4n) is 3.35. The Bertz CT molecular complexity index is 1160. The highest BCUT2D eigenvalue weighted by Gasteiger charge is 2.26. The third-order valence-electron chi connectivity index (χ3n) is 5.10. The number of nitrogens with zero attached hydrogens (tertiary/aromatic N) is 3. The van der Waals surface area contributed by atoms with Crippen LogP contribution in [-0.4, -0.2) is 47.2 Å². The van der Waals surface area contributed by atoms with E-state index in [-0.39, 0.29) is 21.9 Å². The zero-order valence-corrected chi connectivity index (χ0v) is 20.0. The first-order chi connectivity index (χ1) is 15.4. The molecule has 0 saturated carbocycles. The molecule has 1 fully saturated rings. The minimum Gasteiger partial charge on any atom is -0.411 e. The van der Waals surface area contributed by atoms with Gasteiger partial charge in [0, 0.05) is 23.5 Å². The lowest BCUT2D eigenvalue weighted by atomic mass is 10.2. The van der Waals surface area contributed by atoms with Crippen molar-refractivity contribution in [1.82, 2.24) is 19.8 Å². The smallest absolute Gasteiger partial charge is 0.277 e. The Hall–Kier alpha value is -2.21. The molecule has 1 amide bonds. The van der Waals surface area contributed by atoms with Gasteiger partial charge in [-0.1, -0.05) is 30.3 Å². The first-order valence-electron chi connectivity index (χ1n) is 10.3. The highest BCUT2D eigenvalue weighted by Crippen LogP contribution is 2.29. The number of aromatic nitrogens is 2. The van der Waals surface area contributed by atoms with E-state index in [0.717, 1.165) is 35.9 Å². The number of amides is 1. The summed E-state index contributed by atoms with van der Waals surface area (Å²) in [5, 5.41) is 12.7. The van der Waals surface area contributed by atoms with Crippen LogP contribution in [0.4, 0.5) is 0 Å². The fraction of sp³-hybridized carbons (Fsp3) is 0.381. The highest BCUT2D eigenvalue weighted by atomic mass is 32.2. The van der Waals surface area contributed by atoms with E-state index in [0.29, 0.717) is 25.2 Å². The molecule has 1 saturated heterocycles. The van der Waals surface area contributed by atoms with Crippen LogP contribution in [0, 0.1) is 0 Å². The van der Waals surface area contributed by atoms with Gasteiger partial charge in [0.2, 0.25) is 21.8 Å². The number of hydrogen-bond acceptors (Lipinski definition) is 8. The minimum atomic E-state index is -3.55. The second-order valence-electron chi connectivity index (χ2n) is 7.42. The normalized spacial score (nSPS) is 16.0. The fourth-order valence-corrected chi connectivity index (χ4v) is 6.27. The van der Waals surface area contributed by atoms with E-state index in [1.807, 2.05) is 17.5 Å². The molecule has 11 heteroatoms. The molecule has 0 spiro atoms. The maximum Gasteiger partial charge on any atom is 0.277 e. The number of piperidine rings is 1. The molecule has 1 aliphatic rings. The van der Waals surface area contributed by atoms with E-state index in [9.17, 15) is 13.2 Å². The number of benzene rings is 1. The standard InChI is InChI=1S/C21H24N4O4S3/c1-15(19(26)22-14-17-8-6-12-30-17)31-21-24-23-20(29-21)16-7-5-9-18(13-16)32(27,28)25-10-3-2-4-11-25/h5-9,12-13,15H,2-4,10-11,14H2,1H3,(H,22,26)/t15-/m1/s1. The molecule has 1 N–H and O–H groups in total. The van der Waals surface area contributed by atoms with Crippen LogP contribution in [0.3, 0.4) is 0 Å². The van der Waals surface area contributed by atoms with Crippen molar-refractivity contribution in [3.63, 3.8) is 0 Å². The van der Waals surface area contributed by atoms with Gasteiger partial charge in [-0.3, -0.25) is 4.79 Å². The molecule has 3 heterocycles. The van der Waals surface area contributed by atoms with Crippen molar-refractivity contribution in [2.75, 3.05) is 13.1 Å². The van der Waals surface area contributed by atoms with Crippen LogP contribution in [0.1, 0.15) is 31.1 Å². The van der Waals surface area contributed by atoms with Gasteiger partial charge in [-0.25, -0.2) is 8.42 Å². The van der Waals surface area contributed by atoms with Crippen LogP contribution < -0.4 is 5.32 Å². The Morgan fingerprint density at radius 3 is 2.78 bits per heavy atom. The van der Waals surface area contributed by atoms with Crippen molar-refractivity contribution < 1.29 is 17.6 Å². The van der Waals surface area contributed by atoms with Gasteiger partial charge in [0.1, 0.15) is 0 Å². The summed E-state index contributed by atoms with van der Waals surface area (Å²) in [5.74, 6) is 0.0900. The Morgan fingerprint density at radius 1 is 1.22 bits per heavy atom. The Kier molecular flexibility index (Phi) is 7.29. The quantitative estimate of drug-likeness (QED) is 0.477. The van der Waals surface area contributed by atoms with Crippen LogP contribution in [0.5, 0.6) is 0 Å². The monoisotopic (exact) mass is 492 g/mol. The predicted molar refractivity (Wildman–Crippen MR) is 124 cm³/mol. The molecule has 1 atom stereocenters. The molecular formula is C21H24N4O4S3. The summed E-state index contributed by atoms with van der Waals surface area (Å²) in [7, 11) is -3.55. The van der Waals surface area contributed by atoms with Crippen molar-refractivity contribution >= 4 is 39.0 Å². The number of sulfonamides is 1. The average molecular weight is 493 g/mol. The van der Waals surface area contributed by atoms with Crippen LogP contribution in [0.2, 0.25) is 0 Å². The average Bonchev–Trinajstić information content (AvgIpc) is 3.50. The van der Waals surface area contributed by atoms with Crippen molar-refractivity contribution in [3.8, 4) is 11.5 Å². The lowest BCUT2D eigenvalue weighted by molar-refractivity contribution is -0.120. The number of thioether (sulfide) groups is 1. The number of rotatable bonds is 8. The Labute approximate surface area is 195 Å². The lowest BCUT2D eigenvalue weighted by Crippen LogP contribution is -2.35. The minimum absolute atomic E-state index is 0.127. The van der Waals surface area contributed by atoms with Crippen molar-refractivity contribution in [2.24, 2.45) is 0 Å². The molecule has 0 radical (unpaired) electrons. The molecule has 1 aromatic carbocycles. The van der Waals surface area contributed by atoms with E-state index in [4.69, 9.17) is 4.42 Å². The van der Waals surface area contributed by atoms with Gasteiger partial charge in [-0.05, 0) is 49.4 Å². The molecule has 1 aliphatic heterocycles. The molecule has 170 valence electrons. The SMILES string of the molecule is C[C@@H](Sc1nnc(-c2cccc(S(=O)(=O)N3CCCCC3)c2)o1)C(=O)NCc1cccs1. The van der Waals surface area contributed by atoms with Gasteiger partial charge in [-0.2, -0.15) is 4.31 Å². The molecule has 2 aromatic heterocycles. The predicted octanol–water partition coefficient (Wildman–Crippen LogP) is 3.77. The van der Waals surface area contributed by atoms with Crippen LogP contribution >= 0.6 is 23.1 Å². The maximum absolute atomic E-state index is 13.0. The number of nitrogens with one attached hydrogen (secondary N) is 1. The van der Waals surface area contributed by atoms with Gasteiger partial charge in [0.05, 0.1) is 16.7 Å². The molecule has 0 aliphatic carbocycles. The second-order valence-corrected chi connectivity index (χ2v) is 11.7. The summed E-state index contributed by atoms with van der Waals surface area (Å²) in [4.78, 5) is 13.6. The number of hydrogen-bond donors (Lipinski definition) is 1. The van der Waals surface area contributed by atoms with E-state index in [2.05, 4.69) is 15.5 Å². The number of thiophene rings is 1. The third-order valence-corrected chi connectivity index (χ3v) is 8.81. The van der Waals surface area contributed by atoms with E-state index < -0.39 is 15.3 Å². The van der Waals surface area contributed by atoms with Crippen LogP contribution in [0.15, 0.2) is 56.3 Å². The van der Waals surface area contributed by atoms with Crippen molar-refractivity contribution in [3.05, 3.63) is 46.7 Å². The van der Waals surface area contributed by atoms with E-state index >= 15 is 0 Å². The number of carbonyl (C=O) groups is 1. The molecule has 32 heavy (non-hydrogen) atoms. The zero-order chi connectivity index (χ0) is 22.6.